The third-order valence-electron chi connectivity index (χ3n) is 4.79. The molecule has 31 heavy (non-hydrogen) atoms. The summed E-state index contributed by atoms with van der Waals surface area (Å²) in [4.78, 5) is 12.7. The average molecular weight is 445 g/mol. The summed E-state index contributed by atoms with van der Waals surface area (Å²) in [6.07, 6.45) is 2.47. The Bertz CT molecular complexity index is 1040. The van der Waals surface area contributed by atoms with Crippen molar-refractivity contribution in [2.24, 2.45) is 0 Å². The second-order valence-corrected chi connectivity index (χ2v) is 8.56. The van der Waals surface area contributed by atoms with Crippen LogP contribution >= 0.6 is 11.8 Å². The first-order chi connectivity index (χ1) is 15.0. The molecule has 0 aliphatic heterocycles. The monoisotopic (exact) mass is 445 g/mol. The molecule has 0 radical (unpaired) electrons. The van der Waals surface area contributed by atoms with E-state index in [2.05, 4.69) is 25.6 Å². The summed E-state index contributed by atoms with van der Waals surface area (Å²) < 4.78 is 32.0. The summed E-state index contributed by atoms with van der Waals surface area (Å²) in [5, 5.41) is 14.7. The number of benzene rings is 2. The molecular weight excluding hydrogens is 424 g/mol. The lowest BCUT2D eigenvalue weighted by molar-refractivity contribution is -0.115. The summed E-state index contributed by atoms with van der Waals surface area (Å²) in [7, 11) is 0. The Morgan fingerprint density at radius 1 is 1.26 bits per heavy atom. The fraction of sp³-hybridized carbons (Fsp3) is 0.333. The molecule has 1 saturated carbocycles. The summed E-state index contributed by atoms with van der Waals surface area (Å²) in [5.41, 5.74) is 2.01. The molecule has 4 rings (SSSR count). The van der Waals surface area contributed by atoms with E-state index in [-0.39, 0.29) is 11.7 Å². The molecule has 3 aromatic rings. The lowest BCUT2D eigenvalue weighted by Crippen LogP contribution is -2.23. The van der Waals surface area contributed by atoms with Gasteiger partial charge in [0.05, 0.1) is 11.3 Å². The molecule has 1 heterocycles. The normalized spacial score (nSPS) is 14.5. The van der Waals surface area contributed by atoms with Gasteiger partial charge in [-0.3, -0.25) is 4.79 Å². The molecule has 1 aliphatic carbocycles. The van der Waals surface area contributed by atoms with Crippen molar-refractivity contribution in [1.82, 2.24) is 20.2 Å². The number of carbonyl (C=O) groups is 1. The number of anilines is 1. The number of amides is 1. The zero-order valence-electron chi connectivity index (χ0n) is 16.7. The van der Waals surface area contributed by atoms with E-state index >= 15 is 0 Å². The Kier molecular flexibility index (Phi) is 6.45. The predicted molar refractivity (Wildman–Crippen MR) is 112 cm³/mol. The number of carbonyl (C=O) groups excluding carboxylic acids is 1. The van der Waals surface area contributed by atoms with E-state index < -0.39 is 11.9 Å². The van der Waals surface area contributed by atoms with E-state index in [1.807, 2.05) is 30.3 Å². The van der Waals surface area contributed by atoms with Crippen LogP contribution in [0.5, 0.6) is 5.75 Å². The molecule has 1 N–H and O–H groups in total. The van der Waals surface area contributed by atoms with Crippen molar-refractivity contribution in [2.45, 2.75) is 49.2 Å². The van der Waals surface area contributed by atoms with Gasteiger partial charge >= 0.3 is 6.61 Å². The van der Waals surface area contributed by atoms with Gasteiger partial charge in [0.15, 0.2) is 0 Å². The third-order valence-corrected chi connectivity index (χ3v) is 5.84. The minimum Gasteiger partial charge on any atom is -0.435 e. The largest absolute Gasteiger partial charge is 0.435 e. The standard InChI is InChI=1S/C21H21F2N5O2S/c1-13(31-21-25-26-27-28(21)17-8-9-17)19(29)24-16-7-10-18(30-20(22)23)15(12-16)11-14-5-3-2-4-6-14/h2-7,10,12-13,17,20H,8-9,11H2,1H3,(H,24,29). The molecule has 0 bridgehead atoms. The number of rotatable bonds is 9. The summed E-state index contributed by atoms with van der Waals surface area (Å²) in [5.74, 6) is -0.147. The van der Waals surface area contributed by atoms with E-state index in [0.29, 0.717) is 28.9 Å². The zero-order chi connectivity index (χ0) is 21.8. The number of ether oxygens (including phenoxy) is 1. The highest BCUT2D eigenvalue weighted by atomic mass is 32.2. The number of aromatic nitrogens is 4. The smallest absolute Gasteiger partial charge is 0.387 e. The fourth-order valence-corrected chi connectivity index (χ4v) is 3.95. The maximum Gasteiger partial charge on any atom is 0.387 e. The third kappa shape index (κ3) is 5.57. The van der Waals surface area contributed by atoms with Crippen molar-refractivity contribution in [3.05, 3.63) is 59.7 Å². The Balaban J connectivity index is 1.47. The quantitative estimate of drug-likeness (QED) is 0.494. The van der Waals surface area contributed by atoms with Crippen LogP contribution in [0, 0.1) is 0 Å². The van der Waals surface area contributed by atoms with Gasteiger partial charge in [-0.2, -0.15) is 8.78 Å². The van der Waals surface area contributed by atoms with Crippen LogP contribution < -0.4 is 10.1 Å². The Morgan fingerprint density at radius 3 is 2.74 bits per heavy atom. The van der Waals surface area contributed by atoms with Crippen LogP contribution in [0.3, 0.4) is 0 Å². The van der Waals surface area contributed by atoms with Crippen LogP contribution in [0.25, 0.3) is 0 Å². The molecule has 1 amide bonds. The number of nitrogens with zero attached hydrogens (tertiary/aromatic N) is 4. The van der Waals surface area contributed by atoms with Crippen molar-refractivity contribution in [3.8, 4) is 5.75 Å². The van der Waals surface area contributed by atoms with E-state index in [4.69, 9.17) is 0 Å². The van der Waals surface area contributed by atoms with Gasteiger partial charge in [0.1, 0.15) is 5.75 Å². The molecule has 0 saturated heterocycles. The average Bonchev–Trinajstić information content (AvgIpc) is 3.49. The van der Waals surface area contributed by atoms with Crippen LogP contribution in [0.4, 0.5) is 14.5 Å². The van der Waals surface area contributed by atoms with Gasteiger partial charge in [-0.1, -0.05) is 42.1 Å². The second kappa shape index (κ2) is 9.42. The van der Waals surface area contributed by atoms with Crippen LogP contribution in [0.15, 0.2) is 53.7 Å². The first-order valence-electron chi connectivity index (χ1n) is 9.86. The number of alkyl halides is 2. The molecule has 1 aliphatic rings. The van der Waals surface area contributed by atoms with E-state index in [0.717, 1.165) is 18.4 Å². The maximum atomic E-state index is 12.8. The highest BCUT2D eigenvalue weighted by Gasteiger charge is 2.29. The molecule has 1 fully saturated rings. The fourth-order valence-electron chi connectivity index (χ4n) is 3.09. The summed E-state index contributed by atoms with van der Waals surface area (Å²) in [6.45, 7) is -1.16. The molecule has 1 unspecified atom stereocenters. The predicted octanol–water partition coefficient (Wildman–Crippen LogP) is 4.32. The first-order valence-corrected chi connectivity index (χ1v) is 10.7. The number of tetrazole rings is 1. The summed E-state index contributed by atoms with van der Waals surface area (Å²) >= 11 is 1.28. The van der Waals surface area contributed by atoms with E-state index in [1.54, 1.807) is 23.7 Å². The molecule has 162 valence electrons. The van der Waals surface area contributed by atoms with Crippen molar-refractivity contribution in [3.63, 3.8) is 0 Å². The van der Waals surface area contributed by atoms with Gasteiger partial charge < -0.3 is 10.1 Å². The Hall–Kier alpha value is -3.01. The van der Waals surface area contributed by atoms with Crippen LogP contribution in [-0.2, 0) is 11.2 Å². The van der Waals surface area contributed by atoms with Gasteiger partial charge in [0.2, 0.25) is 11.1 Å². The molecule has 0 spiro atoms. The minimum absolute atomic E-state index is 0.0860. The maximum absolute atomic E-state index is 12.8. The summed E-state index contributed by atoms with van der Waals surface area (Å²) in [6, 6.07) is 14.4. The van der Waals surface area contributed by atoms with Gasteiger partial charge in [-0.25, -0.2) is 4.68 Å². The van der Waals surface area contributed by atoms with Gasteiger partial charge in [0.25, 0.3) is 0 Å². The molecule has 10 heteroatoms. The van der Waals surface area contributed by atoms with Gasteiger partial charge in [-0.15, -0.1) is 5.10 Å². The number of nitrogens with one attached hydrogen (secondary N) is 1. The number of halogens is 2. The number of hydrogen-bond acceptors (Lipinski definition) is 6. The Morgan fingerprint density at radius 2 is 2.03 bits per heavy atom. The lowest BCUT2D eigenvalue weighted by Gasteiger charge is -2.15. The molecule has 1 atom stereocenters. The van der Waals surface area contributed by atoms with Crippen molar-refractivity contribution < 1.29 is 18.3 Å². The molecule has 7 nitrogen and oxygen atoms in total. The second-order valence-electron chi connectivity index (χ2n) is 7.25. The molecule has 2 aromatic carbocycles. The van der Waals surface area contributed by atoms with Gasteiger partial charge in [0, 0.05) is 17.7 Å². The van der Waals surface area contributed by atoms with Crippen molar-refractivity contribution in [1.29, 1.82) is 0 Å². The SMILES string of the molecule is CC(Sc1nnnn1C1CC1)C(=O)Nc1ccc(OC(F)F)c(Cc2ccccc2)c1. The Labute approximate surface area is 182 Å². The van der Waals surface area contributed by atoms with Crippen molar-refractivity contribution in [2.75, 3.05) is 5.32 Å². The lowest BCUT2D eigenvalue weighted by atomic mass is 10.0. The van der Waals surface area contributed by atoms with Gasteiger partial charge in [-0.05, 0) is 54.0 Å². The highest BCUT2D eigenvalue weighted by Crippen LogP contribution is 2.37. The minimum atomic E-state index is -2.93. The van der Waals surface area contributed by atoms with E-state index in [1.165, 1.54) is 17.8 Å². The van der Waals surface area contributed by atoms with E-state index in [9.17, 15) is 13.6 Å². The van der Waals surface area contributed by atoms with Crippen LogP contribution in [-0.4, -0.2) is 38.0 Å². The number of thioether (sulfide) groups is 1. The van der Waals surface area contributed by atoms with Crippen molar-refractivity contribution >= 4 is 23.4 Å². The zero-order valence-corrected chi connectivity index (χ0v) is 17.6. The molecule has 1 aromatic heterocycles. The molecular formula is C21H21F2N5O2S. The first kappa shape index (κ1) is 21.2. The van der Waals surface area contributed by atoms with Crippen LogP contribution in [0.1, 0.15) is 36.9 Å². The van der Waals surface area contributed by atoms with Crippen LogP contribution in [0.2, 0.25) is 0 Å². The highest BCUT2D eigenvalue weighted by molar-refractivity contribution is 8.00. The number of hydrogen-bond donors (Lipinski definition) is 1. The topological polar surface area (TPSA) is 81.9 Å².